The van der Waals surface area contributed by atoms with E-state index in [9.17, 15) is 25.5 Å². The quantitative estimate of drug-likeness (QED) is 0.0310. The molecule has 0 bridgehead atoms. The first kappa shape index (κ1) is 74.1. The van der Waals surface area contributed by atoms with Crippen LogP contribution in [0.1, 0.15) is 182 Å². The second-order valence-electron chi connectivity index (χ2n) is 28.5. The van der Waals surface area contributed by atoms with Crippen LogP contribution in [0.25, 0.3) is 33.4 Å². The normalized spacial score (nSPS) is 17.2. The fourth-order valence-electron chi connectivity index (χ4n) is 15.7. The molecule has 9 heteroatoms. The Morgan fingerprint density at radius 2 is 0.833 bits per heavy atom. The number of phenolic OH excluding ortho intramolecular Hbond substituents is 2. The lowest BCUT2D eigenvalue weighted by Gasteiger charge is -2.34. The van der Waals surface area contributed by atoms with Crippen LogP contribution in [0.5, 0.6) is 17.2 Å². The number of phenols is 2. The van der Waals surface area contributed by atoms with Crippen molar-refractivity contribution in [1.82, 2.24) is 15.1 Å². The molecule has 6 N–H and O–H groups in total. The van der Waals surface area contributed by atoms with Crippen molar-refractivity contribution in [3.05, 3.63) is 316 Å². The average molecular weight is 1360 g/mol. The van der Waals surface area contributed by atoms with Gasteiger partial charge in [-0.15, -0.1) is 0 Å². The van der Waals surface area contributed by atoms with E-state index in [-0.39, 0.29) is 31.3 Å². The van der Waals surface area contributed by atoms with Gasteiger partial charge in [-0.2, -0.15) is 0 Å². The van der Waals surface area contributed by atoms with Crippen molar-refractivity contribution in [2.24, 2.45) is 5.41 Å². The monoisotopic (exact) mass is 1360 g/mol. The summed E-state index contributed by atoms with van der Waals surface area (Å²) < 4.78 is 6.15. The van der Waals surface area contributed by atoms with Crippen molar-refractivity contribution in [3.8, 4) is 17.2 Å². The molecule has 0 amide bonds. The van der Waals surface area contributed by atoms with Crippen LogP contribution in [0.3, 0.4) is 0 Å². The number of nitrogens with one attached hydrogen (secondary N) is 1. The largest absolute Gasteiger partial charge is 0.508 e. The van der Waals surface area contributed by atoms with Gasteiger partial charge in [-0.3, -0.25) is 4.90 Å². The number of nitrogens with zero attached hydrogens (tertiary/aromatic N) is 2. The number of ether oxygens (including phenoxy) is 1. The first-order chi connectivity index (χ1) is 50.0. The number of aliphatic hydroxyl groups excluding tert-OH is 3. The number of hydrogen-bond donors (Lipinski definition) is 6. The standard InChI is InChI=1S/C32H38N2O3.C31H35NO2.C30H34O/c35-21-4-7-30(25-5-2-1-3-6-25)31(26-8-12-28(36)13-9-26)27-10-14-29(15-11-27)37-22-20-34-19-17-32(24-34)16-18-33-23-32;1-23(2)32-20-18-25(19-21-32)24-10-12-27(13-11-24)31(28-14-16-29(34)17-15-28)30(9-6-22-33)26-7-4-3-5-8-26;1-23-14-16-27(17-15-23)30(29(13-8-22-31)26-11-6-3-7-12-26)28-20-18-25(19-21-28)24-9-4-2-5-10-24/h1-3,5-6,8-15,33,35-36H,4,7,16-24H2;3-5,7-8,10-17,25,33-34H,1,6,9,18-22H2,2H3;3,6-7,11-12,14-21,24,31H,2,4-5,8-10,13,22H2,1H3/b31-30-;31-30+;30-29-. The van der Waals surface area contributed by atoms with E-state index in [0.717, 1.165) is 133 Å². The molecule has 0 radical (unpaired) electrons. The second-order valence-corrected chi connectivity index (χ2v) is 28.5. The van der Waals surface area contributed by atoms with E-state index in [1.54, 1.807) is 24.3 Å². The summed E-state index contributed by atoms with van der Waals surface area (Å²) in [5.41, 5.74) is 23.5. The highest BCUT2D eigenvalue weighted by Crippen LogP contribution is 2.42. The van der Waals surface area contributed by atoms with Gasteiger partial charge in [0.1, 0.15) is 23.9 Å². The number of piperidine rings is 1. The molecule has 9 aromatic rings. The van der Waals surface area contributed by atoms with E-state index in [2.05, 4.69) is 199 Å². The summed E-state index contributed by atoms with van der Waals surface area (Å²) in [5.74, 6) is 2.68. The summed E-state index contributed by atoms with van der Waals surface area (Å²) >= 11 is 0. The molecule has 3 saturated heterocycles. The highest BCUT2D eigenvalue weighted by atomic mass is 16.5. The van der Waals surface area contributed by atoms with Gasteiger partial charge in [0.15, 0.2) is 0 Å². The Morgan fingerprint density at radius 3 is 1.22 bits per heavy atom. The minimum Gasteiger partial charge on any atom is -0.508 e. The van der Waals surface area contributed by atoms with Gasteiger partial charge < -0.3 is 40.5 Å². The molecule has 1 spiro atoms. The zero-order chi connectivity index (χ0) is 70.9. The Balaban J connectivity index is 0.000000154. The third kappa shape index (κ3) is 20.2. The number of likely N-dealkylation sites (tertiary alicyclic amines) is 2. The number of hydrogen-bond acceptors (Lipinski definition) is 9. The molecule has 0 aromatic heterocycles. The van der Waals surface area contributed by atoms with E-state index < -0.39 is 0 Å². The Kier molecular flexibility index (Phi) is 27.4. The van der Waals surface area contributed by atoms with Gasteiger partial charge in [0, 0.05) is 58.2 Å². The van der Waals surface area contributed by atoms with E-state index in [1.807, 2.05) is 48.5 Å². The van der Waals surface area contributed by atoms with Gasteiger partial charge in [-0.25, -0.2) is 0 Å². The molecule has 9 aromatic carbocycles. The fraction of sp³-hybridized carbons (Fsp3) is 0.333. The molecule has 530 valence electrons. The van der Waals surface area contributed by atoms with Crippen LogP contribution in [0, 0.1) is 12.3 Å². The van der Waals surface area contributed by atoms with Crippen LogP contribution in [-0.2, 0) is 0 Å². The highest BCUT2D eigenvalue weighted by Gasteiger charge is 2.40. The first-order valence-electron chi connectivity index (χ1n) is 37.6. The molecule has 9 nitrogen and oxygen atoms in total. The van der Waals surface area contributed by atoms with E-state index in [4.69, 9.17) is 4.74 Å². The Hall–Kier alpha value is -9.06. The van der Waals surface area contributed by atoms with Crippen LogP contribution in [0.15, 0.2) is 249 Å². The second kappa shape index (κ2) is 37.7. The maximum absolute atomic E-state index is 9.89. The van der Waals surface area contributed by atoms with Gasteiger partial charge in [0.05, 0.1) is 0 Å². The van der Waals surface area contributed by atoms with Crippen LogP contribution >= 0.6 is 0 Å². The first-order valence-corrected chi connectivity index (χ1v) is 37.6. The van der Waals surface area contributed by atoms with Gasteiger partial charge >= 0.3 is 0 Å². The summed E-state index contributed by atoms with van der Waals surface area (Å²) in [5, 5.41) is 52.1. The number of aliphatic hydroxyl groups is 3. The zero-order valence-corrected chi connectivity index (χ0v) is 60.3. The molecule has 3 heterocycles. The predicted molar refractivity (Wildman–Crippen MR) is 423 cm³/mol. The number of benzene rings is 9. The molecule has 1 atom stereocenters. The molecule has 1 aliphatic carbocycles. The van der Waals surface area contributed by atoms with Crippen molar-refractivity contribution in [2.75, 3.05) is 72.2 Å². The average Bonchev–Trinajstić information content (AvgIpc) is 1.35. The third-order valence-electron chi connectivity index (χ3n) is 21.3. The van der Waals surface area contributed by atoms with Gasteiger partial charge in [-0.05, 0) is 252 Å². The van der Waals surface area contributed by atoms with Gasteiger partial charge in [-0.1, -0.05) is 232 Å². The molecule has 102 heavy (non-hydrogen) atoms. The van der Waals surface area contributed by atoms with E-state index >= 15 is 0 Å². The van der Waals surface area contributed by atoms with Crippen molar-refractivity contribution < 1.29 is 30.3 Å². The molecule has 1 saturated carbocycles. The zero-order valence-electron chi connectivity index (χ0n) is 60.3. The minimum atomic E-state index is 0.140. The Bertz CT molecular complexity index is 4110. The lowest BCUT2D eigenvalue weighted by molar-refractivity contribution is 0.217. The van der Waals surface area contributed by atoms with Crippen LogP contribution in [-0.4, -0.2) is 108 Å². The molecular formula is C93H107N3O6. The SMILES string of the molecule is C=C(C)N1CCC(c2ccc(/C(=C(/CCCO)c3ccccc3)c3ccc(O)cc3)cc2)CC1.Cc1ccc(/C(=C(\CCCO)c2ccccc2)c2ccc(C3CCCCC3)cc2)cc1.OCCC/C(=C(\c1ccc(O)cc1)c1ccc(OCCN2CCC3(CCNC3)C2)cc1)c1ccccc1. The molecule has 3 aliphatic heterocycles. The number of allylic oxidation sites excluding steroid dienone is 4. The van der Waals surface area contributed by atoms with Crippen LogP contribution < -0.4 is 10.1 Å². The van der Waals surface area contributed by atoms with Crippen LogP contribution in [0.2, 0.25) is 0 Å². The minimum absolute atomic E-state index is 0.140. The number of aromatic hydroxyl groups is 2. The van der Waals surface area contributed by atoms with E-state index in [1.165, 1.54) is 114 Å². The number of rotatable bonds is 25. The summed E-state index contributed by atoms with van der Waals surface area (Å²) in [4.78, 5) is 4.92. The number of aryl methyl sites for hydroxylation is 1. The van der Waals surface area contributed by atoms with Gasteiger partial charge in [0.2, 0.25) is 0 Å². The summed E-state index contributed by atoms with van der Waals surface area (Å²) in [6.45, 7) is 17.3. The molecule has 4 aliphatic rings. The Labute approximate surface area is 608 Å². The topological polar surface area (TPSA) is 129 Å². The lowest BCUT2D eigenvalue weighted by Crippen LogP contribution is -2.31. The summed E-state index contributed by atoms with van der Waals surface area (Å²) in [6.07, 6.45) is 16.2. The Morgan fingerprint density at radius 1 is 0.451 bits per heavy atom. The lowest BCUT2D eigenvalue weighted by atomic mass is 9.82. The summed E-state index contributed by atoms with van der Waals surface area (Å²) in [6, 6.07) is 81.9. The fourth-order valence-corrected chi connectivity index (χ4v) is 15.7. The predicted octanol–water partition coefficient (Wildman–Crippen LogP) is 19.8. The maximum Gasteiger partial charge on any atom is 0.119 e. The molecule has 1 unspecified atom stereocenters. The molecule has 4 fully saturated rings. The maximum atomic E-state index is 9.89. The third-order valence-corrected chi connectivity index (χ3v) is 21.3. The molecule has 13 rings (SSSR count). The highest BCUT2D eigenvalue weighted by molar-refractivity contribution is 6.01. The molecular weight excluding hydrogens is 1260 g/mol. The van der Waals surface area contributed by atoms with Crippen molar-refractivity contribution in [1.29, 1.82) is 0 Å². The van der Waals surface area contributed by atoms with E-state index in [0.29, 0.717) is 30.8 Å². The van der Waals surface area contributed by atoms with Gasteiger partial charge in [0.25, 0.3) is 0 Å². The van der Waals surface area contributed by atoms with Crippen molar-refractivity contribution in [3.63, 3.8) is 0 Å². The van der Waals surface area contributed by atoms with Crippen molar-refractivity contribution >= 4 is 33.4 Å². The van der Waals surface area contributed by atoms with Crippen molar-refractivity contribution in [2.45, 2.75) is 122 Å². The summed E-state index contributed by atoms with van der Waals surface area (Å²) in [7, 11) is 0. The van der Waals surface area contributed by atoms with Crippen LogP contribution in [0.4, 0.5) is 0 Å². The smallest absolute Gasteiger partial charge is 0.119 e.